The van der Waals surface area contributed by atoms with Gasteiger partial charge < -0.3 is 15.3 Å². The molecule has 4 N–H and O–H groups in total. The van der Waals surface area contributed by atoms with Gasteiger partial charge in [-0.05, 0) is 54.8 Å². The van der Waals surface area contributed by atoms with Crippen molar-refractivity contribution in [3.05, 3.63) is 65.7 Å². The highest BCUT2D eigenvalue weighted by Gasteiger charge is 2.27. The monoisotopic (exact) mass is 589 g/mol. The zero-order valence-corrected chi connectivity index (χ0v) is 23.1. The van der Waals surface area contributed by atoms with Crippen LogP contribution in [-0.4, -0.2) is 72.8 Å². The Bertz CT molecular complexity index is 1660. The Labute approximate surface area is 231 Å². The average molecular weight is 590 g/mol. The number of hydrogen-bond acceptors (Lipinski definition) is 10. The van der Waals surface area contributed by atoms with Gasteiger partial charge in [0.2, 0.25) is 26.0 Å². The van der Waals surface area contributed by atoms with Gasteiger partial charge in [0.1, 0.15) is 17.9 Å². The van der Waals surface area contributed by atoms with E-state index in [4.69, 9.17) is 5.14 Å². The molecule has 12 nitrogen and oxygen atoms in total. The Kier molecular flexibility index (Phi) is 7.58. The minimum Gasteiger partial charge on any atom is -0.370 e. The maximum absolute atomic E-state index is 14.0. The van der Waals surface area contributed by atoms with E-state index in [0.29, 0.717) is 54.5 Å². The number of benzene rings is 1. The van der Waals surface area contributed by atoms with Gasteiger partial charge in [-0.2, -0.15) is 4.98 Å². The lowest BCUT2D eigenvalue weighted by Gasteiger charge is -2.33. The number of piperidine rings is 1. The molecule has 1 fully saturated rings. The van der Waals surface area contributed by atoms with Crippen LogP contribution in [0, 0.1) is 5.82 Å². The molecule has 212 valence electrons. The number of pyridine rings is 1. The van der Waals surface area contributed by atoms with Crippen molar-refractivity contribution in [1.82, 2.24) is 19.3 Å². The van der Waals surface area contributed by atoms with E-state index in [0.717, 1.165) is 6.07 Å². The van der Waals surface area contributed by atoms with E-state index in [-0.39, 0.29) is 23.0 Å². The van der Waals surface area contributed by atoms with Crippen molar-refractivity contribution in [3.63, 3.8) is 0 Å². The molecule has 0 bridgehead atoms. The molecule has 1 atom stereocenters. The van der Waals surface area contributed by atoms with Gasteiger partial charge in [0.25, 0.3) is 0 Å². The first-order valence-corrected chi connectivity index (χ1v) is 15.8. The van der Waals surface area contributed by atoms with E-state index in [9.17, 15) is 26.3 Å². The van der Waals surface area contributed by atoms with E-state index < -0.39 is 32.1 Å². The van der Waals surface area contributed by atoms with Crippen LogP contribution in [0.15, 0.2) is 53.7 Å². The van der Waals surface area contributed by atoms with E-state index in [1.807, 2.05) is 0 Å². The molecule has 15 heteroatoms. The summed E-state index contributed by atoms with van der Waals surface area (Å²) in [5.74, 6) is 0.125. The van der Waals surface area contributed by atoms with Gasteiger partial charge in [0, 0.05) is 49.2 Å². The molecule has 3 aromatic rings. The number of primary sulfonamides is 1. The minimum absolute atomic E-state index is 0.00268. The predicted molar refractivity (Wildman–Crippen MR) is 147 cm³/mol. The number of nitrogens with zero attached hydrogens (tertiary/aromatic N) is 5. The lowest BCUT2D eigenvalue weighted by atomic mass is 10.1. The molecule has 0 spiro atoms. The second kappa shape index (κ2) is 10.8. The van der Waals surface area contributed by atoms with Crippen LogP contribution in [0.5, 0.6) is 0 Å². The fourth-order valence-electron chi connectivity index (χ4n) is 4.66. The lowest BCUT2D eigenvalue weighted by Crippen LogP contribution is -2.42. The van der Waals surface area contributed by atoms with Crippen LogP contribution >= 0.6 is 0 Å². The largest absolute Gasteiger partial charge is 0.370 e. The molecular weight excluding hydrogens is 561 g/mol. The van der Waals surface area contributed by atoms with Crippen molar-refractivity contribution in [2.24, 2.45) is 5.14 Å². The first-order valence-electron chi connectivity index (χ1n) is 12.4. The maximum Gasteiger partial charge on any atom is 0.238 e. The third-order valence-corrected chi connectivity index (χ3v) is 8.96. The maximum atomic E-state index is 14.0. The van der Waals surface area contributed by atoms with Gasteiger partial charge in [-0.3, -0.25) is 4.98 Å². The first-order chi connectivity index (χ1) is 18.9. The summed E-state index contributed by atoms with van der Waals surface area (Å²) in [7, 11) is -7.32. The fourth-order valence-corrected chi connectivity index (χ4v) is 6.10. The smallest absolute Gasteiger partial charge is 0.238 e. The highest BCUT2D eigenvalue weighted by Crippen LogP contribution is 2.30. The Morgan fingerprint density at radius 3 is 2.50 bits per heavy atom. The van der Waals surface area contributed by atoms with Gasteiger partial charge in [-0.25, -0.2) is 35.7 Å². The number of aliphatic hydroxyl groups is 1. The molecule has 1 saturated heterocycles. The molecule has 1 unspecified atom stereocenters. The minimum atomic E-state index is -4.09. The van der Waals surface area contributed by atoms with Crippen LogP contribution in [0.25, 0.3) is 17.3 Å². The Balaban J connectivity index is 1.32. The molecule has 2 aromatic heterocycles. The van der Waals surface area contributed by atoms with E-state index >= 15 is 0 Å². The van der Waals surface area contributed by atoms with Crippen molar-refractivity contribution in [2.75, 3.05) is 29.6 Å². The predicted octanol–water partition coefficient (Wildman–Crippen LogP) is 1.51. The van der Waals surface area contributed by atoms with Crippen molar-refractivity contribution in [3.8, 4) is 11.3 Å². The average Bonchev–Trinajstić information content (AvgIpc) is 2.90. The number of aromatic nitrogens is 3. The summed E-state index contributed by atoms with van der Waals surface area (Å²) >= 11 is 0. The van der Waals surface area contributed by atoms with Crippen LogP contribution in [0.2, 0.25) is 0 Å². The highest BCUT2D eigenvalue weighted by molar-refractivity contribution is 7.89. The van der Waals surface area contributed by atoms with Gasteiger partial charge >= 0.3 is 0 Å². The molecule has 0 amide bonds. The van der Waals surface area contributed by atoms with E-state index in [1.54, 1.807) is 41.6 Å². The van der Waals surface area contributed by atoms with Crippen LogP contribution in [-0.2, 0) is 26.6 Å². The number of anilines is 2. The van der Waals surface area contributed by atoms with Crippen LogP contribution < -0.4 is 15.4 Å². The molecule has 0 radical (unpaired) electrons. The molecule has 0 aliphatic carbocycles. The number of rotatable bonds is 7. The van der Waals surface area contributed by atoms with Gasteiger partial charge in [-0.15, -0.1) is 0 Å². The topological polar surface area (TPSA) is 172 Å². The highest BCUT2D eigenvalue weighted by atomic mass is 32.2. The quantitative estimate of drug-likeness (QED) is 0.367. The molecule has 1 aromatic carbocycles. The SMILES string of the molecule is CS(=O)(=O)N1CCC(Nc2ncc3c(n2)N(Cc2ccc(-c4cc(F)cc(S(N)(=O)=O)c4)nc2)C(O)C=C3)CC1. The Morgan fingerprint density at radius 1 is 1.10 bits per heavy atom. The number of nitrogens with one attached hydrogen (secondary N) is 1. The zero-order valence-electron chi connectivity index (χ0n) is 21.5. The number of sulfonamides is 2. The zero-order chi connectivity index (χ0) is 28.7. The number of halogens is 1. The van der Waals surface area contributed by atoms with Crippen LogP contribution in [0.1, 0.15) is 24.0 Å². The standard InChI is InChI=1S/C25H28FN7O5S2/c1-39(35,36)32-8-6-20(7-9-32)30-25-29-14-17-3-5-23(34)33(24(17)31-25)15-16-2-4-22(28-13-16)18-10-19(26)12-21(11-18)40(27,37)38/h2-5,10-14,20,23,34H,6-9,15H2,1H3,(H2,27,37,38)(H,29,30,31). The van der Waals surface area contributed by atoms with Crippen molar-refractivity contribution < 1.29 is 26.3 Å². The molecule has 0 saturated carbocycles. The summed E-state index contributed by atoms with van der Waals surface area (Å²) in [5.41, 5.74) is 2.03. The van der Waals surface area contributed by atoms with E-state index in [2.05, 4.69) is 20.3 Å². The number of aliphatic hydroxyl groups excluding tert-OH is 1. The Morgan fingerprint density at radius 2 is 1.85 bits per heavy atom. The van der Waals surface area contributed by atoms with Crippen LogP contribution in [0.4, 0.5) is 16.2 Å². The van der Waals surface area contributed by atoms with E-state index in [1.165, 1.54) is 22.7 Å². The third kappa shape index (κ3) is 6.28. The first kappa shape index (κ1) is 28.0. The van der Waals surface area contributed by atoms with Gasteiger partial charge in [0.15, 0.2) is 0 Å². The molecule has 4 heterocycles. The molecule has 2 aliphatic heterocycles. The van der Waals surface area contributed by atoms with Crippen molar-refractivity contribution >= 4 is 37.9 Å². The molecule has 40 heavy (non-hydrogen) atoms. The number of nitrogens with two attached hydrogens (primary N) is 1. The van der Waals surface area contributed by atoms with Crippen molar-refractivity contribution in [1.29, 1.82) is 0 Å². The summed E-state index contributed by atoms with van der Waals surface area (Å²) in [5, 5.41) is 19.2. The second-order valence-electron chi connectivity index (χ2n) is 9.73. The van der Waals surface area contributed by atoms with Gasteiger partial charge in [0.05, 0.1) is 16.8 Å². The Hall–Kier alpha value is -3.50. The molecular formula is C25H28FN7O5S2. The molecule has 5 rings (SSSR count). The lowest BCUT2D eigenvalue weighted by molar-refractivity contribution is 0.213. The summed E-state index contributed by atoms with van der Waals surface area (Å²) in [6, 6.07) is 6.64. The second-order valence-corrected chi connectivity index (χ2v) is 13.3. The third-order valence-electron chi connectivity index (χ3n) is 6.76. The normalized spacial score (nSPS) is 18.5. The summed E-state index contributed by atoms with van der Waals surface area (Å²) < 4.78 is 62.4. The number of fused-ring (bicyclic) bond motifs is 1. The van der Waals surface area contributed by atoms with Crippen molar-refractivity contribution in [2.45, 2.75) is 36.6 Å². The number of hydrogen-bond donors (Lipinski definition) is 3. The van der Waals surface area contributed by atoms with Crippen LogP contribution in [0.3, 0.4) is 0 Å². The summed E-state index contributed by atoms with van der Waals surface area (Å²) in [4.78, 5) is 14.7. The van der Waals surface area contributed by atoms with Gasteiger partial charge in [-0.1, -0.05) is 6.07 Å². The fraction of sp³-hybridized carbons (Fsp3) is 0.320. The summed E-state index contributed by atoms with van der Waals surface area (Å²) in [6.45, 7) is 1.06. The summed E-state index contributed by atoms with van der Waals surface area (Å²) in [6.07, 6.45) is 8.02. The molecule has 2 aliphatic rings.